The maximum absolute atomic E-state index is 13.3. The van der Waals surface area contributed by atoms with Crippen LogP contribution in [0.4, 0.5) is 0 Å². The van der Waals surface area contributed by atoms with E-state index in [1.165, 1.54) is 0 Å². The van der Waals surface area contributed by atoms with Crippen LogP contribution in [0.1, 0.15) is 34.5 Å². The molecule has 0 bridgehead atoms. The van der Waals surface area contributed by atoms with Crippen molar-refractivity contribution in [1.29, 1.82) is 0 Å². The normalized spacial score (nSPS) is 16.3. The van der Waals surface area contributed by atoms with Gasteiger partial charge < -0.3 is 19.1 Å². The van der Waals surface area contributed by atoms with Crippen molar-refractivity contribution in [1.82, 2.24) is 19.4 Å². The lowest BCUT2D eigenvalue weighted by Gasteiger charge is -2.41. The highest BCUT2D eigenvalue weighted by molar-refractivity contribution is 5.94. The summed E-state index contributed by atoms with van der Waals surface area (Å²) < 4.78 is 7.21. The van der Waals surface area contributed by atoms with Crippen LogP contribution in [0, 0.1) is 0 Å². The summed E-state index contributed by atoms with van der Waals surface area (Å²) in [5.74, 6) is 0.751. The molecule has 4 rings (SSSR count). The Labute approximate surface area is 181 Å². The molecular weight excluding hydrogens is 392 g/mol. The van der Waals surface area contributed by atoms with Crippen LogP contribution >= 0.6 is 0 Å². The highest BCUT2D eigenvalue weighted by Gasteiger charge is 2.32. The van der Waals surface area contributed by atoms with Gasteiger partial charge in [-0.1, -0.05) is 24.3 Å². The number of benzene rings is 2. The largest absolute Gasteiger partial charge is 0.497 e. The summed E-state index contributed by atoms with van der Waals surface area (Å²) in [5.41, 5.74) is 2.68. The Morgan fingerprint density at radius 1 is 1.13 bits per heavy atom. The molecule has 3 aromatic rings. The number of rotatable bonds is 5. The second-order valence-corrected chi connectivity index (χ2v) is 7.69. The van der Waals surface area contributed by atoms with E-state index >= 15 is 0 Å². The predicted molar refractivity (Wildman–Crippen MR) is 117 cm³/mol. The molecule has 1 atom stereocenters. The topological polar surface area (TPSA) is 67.7 Å². The van der Waals surface area contributed by atoms with Crippen LogP contribution in [0.5, 0.6) is 5.75 Å². The monoisotopic (exact) mass is 418 g/mol. The number of amides is 2. The van der Waals surface area contributed by atoms with Gasteiger partial charge in [-0.25, -0.2) is 4.98 Å². The second-order valence-electron chi connectivity index (χ2n) is 7.69. The average Bonchev–Trinajstić information content (AvgIpc) is 3.31. The van der Waals surface area contributed by atoms with Gasteiger partial charge in [0.1, 0.15) is 5.75 Å². The van der Waals surface area contributed by atoms with E-state index in [0.717, 1.165) is 16.9 Å². The fourth-order valence-electron chi connectivity index (χ4n) is 4.03. The van der Waals surface area contributed by atoms with Gasteiger partial charge in [-0.2, -0.15) is 0 Å². The first kappa shape index (κ1) is 20.7. The van der Waals surface area contributed by atoms with E-state index in [4.69, 9.17) is 4.74 Å². The smallest absolute Gasteiger partial charge is 0.254 e. The van der Waals surface area contributed by atoms with Crippen LogP contribution in [0.15, 0.2) is 67.3 Å². The van der Waals surface area contributed by atoms with Crippen molar-refractivity contribution in [2.75, 3.05) is 26.7 Å². The van der Waals surface area contributed by atoms with E-state index < -0.39 is 0 Å². The van der Waals surface area contributed by atoms with E-state index in [1.807, 2.05) is 69.1 Å². The molecule has 2 aromatic carbocycles. The average molecular weight is 418 g/mol. The first-order valence-electron chi connectivity index (χ1n) is 10.3. The Morgan fingerprint density at radius 2 is 1.94 bits per heavy atom. The molecule has 0 N–H and O–H groups in total. The fourth-order valence-corrected chi connectivity index (χ4v) is 4.03. The molecule has 7 heteroatoms. The van der Waals surface area contributed by atoms with Crippen molar-refractivity contribution in [3.63, 3.8) is 0 Å². The SMILES string of the molecule is COc1ccc([C@@H]2CN(C(=O)c3cccc(Cn4ccnc4)c3)CCN2C(C)=O)cc1. The van der Waals surface area contributed by atoms with Gasteiger partial charge in [0, 0.05) is 51.1 Å². The molecule has 1 aliphatic heterocycles. The lowest BCUT2D eigenvalue weighted by Crippen LogP contribution is -2.51. The molecule has 0 unspecified atom stereocenters. The van der Waals surface area contributed by atoms with Crippen molar-refractivity contribution >= 4 is 11.8 Å². The number of hydrogen-bond donors (Lipinski definition) is 0. The molecule has 1 saturated heterocycles. The van der Waals surface area contributed by atoms with Crippen molar-refractivity contribution in [3.8, 4) is 5.75 Å². The minimum atomic E-state index is -0.185. The predicted octanol–water partition coefficient (Wildman–Crippen LogP) is 2.99. The Hall–Kier alpha value is -3.61. The molecule has 2 amide bonds. The number of imidazole rings is 1. The number of aromatic nitrogens is 2. The molecule has 0 aliphatic carbocycles. The highest BCUT2D eigenvalue weighted by Crippen LogP contribution is 2.28. The third-order valence-electron chi connectivity index (χ3n) is 5.67. The molecule has 31 heavy (non-hydrogen) atoms. The zero-order chi connectivity index (χ0) is 21.8. The van der Waals surface area contributed by atoms with Crippen LogP contribution in [-0.2, 0) is 11.3 Å². The lowest BCUT2D eigenvalue weighted by atomic mass is 10.0. The molecule has 7 nitrogen and oxygen atoms in total. The maximum atomic E-state index is 13.3. The molecular formula is C24H26N4O3. The van der Waals surface area contributed by atoms with Crippen molar-refractivity contribution in [3.05, 3.63) is 83.9 Å². The molecule has 1 aliphatic rings. The van der Waals surface area contributed by atoms with Gasteiger partial charge in [-0.3, -0.25) is 9.59 Å². The molecule has 1 aromatic heterocycles. The molecule has 0 saturated carbocycles. The lowest BCUT2D eigenvalue weighted by molar-refractivity contribution is -0.133. The summed E-state index contributed by atoms with van der Waals surface area (Å²) >= 11 is 0. The third kappa shape index (κ3) is 4.60. The Morgan fingerprint density at radius 3 is 2.61 bits per heavy atom. The number of hydrogen-bond acceptors (Lipinski definition) is 4. The summed E-state index contributed by atoms with van der Waals surface area (Å²) in [6, 6.07) is 15.2. The van der Waals surface area contributed by atoms with Crippen LogP contribution in [0.2, 0.25) is 0 Å². The standard InChI is InChI=1S/C24H26N4O3/c1-18(29)28-13-12-27(16-23(28)20-6-8-22(31-2)9-7-20)24(30)21-5-3-4-19(14-21)15-26-11-10-25-17-26/h3-11,14,17,23H,12-13,15-16H2,1-2H3/t23-/m0/s1. The summed E-state index contributed by atoms with van der Waals surface area (Å²) in [7, 11) is 1.62. The van der Waals surface area contributed by atoms with Gasteiger partial charge in [0.05, 0.1) is 19.5 Å². The molecule has 0 radical (unpaired) electrons. The quantitative estimate of drug-likeness (QED) is 0.639. The van der Waals surface area contributed by atoms with Crippen molar-refractivity contribution in [2.24, 2.45) is 0 Å². The molecule has 1 fully saturated rings. The van der Waals surface area contributed by atoms with Gasteiger partial charge in [0.15, 0.2) is 0 Å². The third-order valence-corrected chi connectivity index (χ3v) is 5.67. The number of ether oxygens (including phenoxy) is 1. The molecule has 2 heterocycles. The Bertz CT molecular complexity index is 1050. The number of piperazine rings is 1. The minimum Gasteiger partial charge on any atom is -0.497 e. The van der Waals surface area contributed by atoms with Gasteiger partial charge in [-0.15, -0.1) is 0 Å². The zero-order valence-corrected chi connectivity index (χ0v) is 17.8. The summed E-state index contributed by atoms with van der Waals surface area (Å²) in [6.45, 7) is 3.71. The van der Waals surface area contributed by atoms with Gasteiger partial charge >= 0.3 is 0 Å². The first-order chi connectivity index (χ1) is 15.0. The van der Waals surface area contributed by atoms with E-state index in [-0.39, 0.29) is 17.9 Å². The summed E-state index contributed by atoms with van der Waals surface area (Å²) in [5, 5.41) is 0. The maximum Gasteiger partial charge on any atom is 0.254 e. The Kier molecular flexibility index (Phi) is 6.02. The molecule has 160 valence electrons. The minimum absolute atomic E-state index is 0.00949. The highest BCUT2D eigenvalue weighted by atomic mass is 16.5. The summed E-state index contributed by atoms with van der Waals surface area (Å²) in [6.07, 6.45) is 5.40. The Balaban J connectivity index is 1.54. The van der Waals surface area contributed by atoms with Crippen LogP contribution < -0.4 is 4.74 Å². The number of carbonyl (C=O) groups excluding carboxylic acids is 2. The number of nitrogens with zero attached hydrogens (tertiary/aromatic N) is 4. The van der Waals surface area contributed by atoms with Gasteiger partial charge in [-0.05, 0) is 35.4 Å². The van der Waals surface area contributed by atoms with Crippen LogP contribution in [0.3, 0.4) is 0 Å². The number of methoxy groups -OCH3 is 1. The van der Waals surface area contributed by atoms with Gasteiger partial charge in [0.2, 0.25) is 5.91 Å². The second kappa shape index (κ2) is 9.04. The summed E-state index contributed by atoms with van der Waals surface area (Å²) in [4.78, 5) is 33.3. The first-order valence-corrected chi connectivity index (χ1v) is 10.3. The van der Waals surface area contributed by atoms with Gasteiger partial charge in [0.25, 0.3) is 5.91 Å². The fraction of sp³-hybridized carbons (Fsp3) is 0.292. The van der Waals surface area contributed by atoms with E-state index in [2.05, 4.69) is 4.98 Å². The van der Waals surface area contributed by atoms with Crippen LogP contribution in [0.25, 0.3) is 0 Å². The molecule has 0 spiro atoms. The van der Waals surface area contributed by atoms with E-state index in [9.17, 15) is 9.59 Å². The van der Waals surface area contributed by atoms with Crippen molar-refractivity contribution in [2.45, 2.75) is 19.5 Å². The van der Waals surface area contributed by atoms with Crippen LogP contribution in [-0.4, -0.2) is 57.9 Å². The van der Waals surface area contributed by atoms with Crippen molar-refractivity contribution < 1.29 is 14.3 Å². The zero-order valence-electron chi connectivity index (χ0n) is 17.8. The van der Waals surface area contributed by atoms with E-state index in [1.54, 1.807) is 26.6 Å². The van der Waals surface area contributed by atoms with E-state index in [0.29, 0.717) is 31.7 Å². The number of carbonyl (C=O) groups is 2.